The molecule has 5 aromatic rings. The number of non-ortho nitro benzene ring substituents is 1. The minimum absolute atomic E-state index is 0.0385. The van der Waals surface area contributed by atoms with Crippen LogP contribution >= 0.6 is 0 Å². The maximum absolute atomic E-state index is 13.4. The zero-order valence-corrected chi connectivity index (χ0v) is 31.2. The molecule has 0 radical (unpaired) electrons. The molecule has 0 N–H and O–H groups in total. The number of aryl methyl sites for hydroxylation is 1. The Morgan fingerprint density at radius 2 is 1.39 bits per heavy atom. The van der Waals surface area contributed by atoms with Gasteiger partial charge in [0.1, 0.15) is 11.6 Å². The Morgan fingerprint density at radius 3 is 2.00 bits per heavy atom. The van der Waals surface area contributed by atoms with Crippen molar-refractivity contribution in [3.8, 4) is 11.5 Å². The number of benzene rings is 5. The number of ketones is 1. The van der Waals surface area contributed by atoms with Crippen molar-refractivity contribution >= 4 is 11.5 Å². The number of halogens is 1. The Kier molecular flexibility index (Phi) is 12.9. The average molecular weight is 729 g/mol. The van der Waals surface area contributed by atoms with E-state index in [1.54, 1.807) is 38.5 Å². The topological polar surface area (TPSA) is 81.9 Å². The normalized spacial score (nSPS) is 14.3. The van der Waals surface area contributed by atoms with E-state index in [0.29, 0.717) is 37.2 Å². The van der Waals surface area contributed by atoms with Gasteiger partial charge in [-0.1, -0.05) is 84.9 Å². The number of rotatable bonds is 18. The Hall–Kier alpha value is -5.34. The van der Waals surface area contributed by atoms with Crippen LogP contribution in [0.25, 0.3) is 0 Å². The van der Waals surface area contributed by atoms with Crippen LogP contribution in [-0.2, 0) is 29.5 Å². The molecule has 0 aliphatic carbocycles. The molecule has 54 heavy (non-hydrogen) atoms. The molecule has 0 saturated carbocycles. The fourth-order valence-electron chi connectivity index (χ4n) is 8.18. The smallest absolute Gasteiger partial charge is 0.269 e. The Bertz CT molecular complexity index is 1950. The van der Waals surface area contributed by atoms with Gasteiger partial charge in [0.2, 0.25) is 0 Å². The second-order valence-electron chi connectivity index (χ2n) is 14.3. The number of nitrogens with zero attached hydrogens (tertiary/aromatic N) is 2. The van der Waals surface area contributed by atoms with Crippen molar-refractivity contribution in [1.82, 2.24) is 4.90 Å². The molecular weight excluding hydrogens is 680 g/mol. The van der Waals surface area contributed by atoms with Crippen LogP contribution < -0.4 is 9.47 Å². The molecule has 1 aliphatic rings. The van der Waals surface area contributed by atoms with Gasteiger partial charge in [-0.15, -0.1) is 0 Å². The standard InChI is InChI=1S/C46H49FN2O5/c1-53-44-32-36-26-30-48(43(42(36)33-45(44)54-2)31-35-18-23-40(24-19-35)49(51)52)29-10-28-46(37-11-5-3-6-12-37,38-13-7-4-8-14-38)27-9-15-41(50)25-20-34-16-21-39(47)22-17-34/h3-8,11-14,16-19,21-24,32-33,43H,9-10,15,20,25-31H2,1-2H3. The van der Waals surface area contributed by atoms with Gasteiger partial charge >= 0.3 is 0 Å². The van der Waals surface area contributed by atoms with Crippen molar-refractivity contribution in [1.29, 1.82) is 0 Å². The second-order valence-corrected chi connectivity index (χ2v) is 14.3. The van der Waals surface area contributed by atoms with Gasteiger partial charge in [0.15, 0.2) is 11.5 Å². The number of fused-ring (bicyclic) bond motifs is 1. The number of nitro benzene ring substituents is 1. The van der Waals surface area contributed by atoms with E-state index in [1.165, 1.54) is 34.4 Å². The lowest BCUT2D eigenvalue weighted by molar-refractivity contribution is -0.384. The van der Waals surface area contributed by atoms with Crippen molar-refractivity contribution in [2.24, 2.45) is 0 Å². The molecule has 8 heteroatoms. The monoisotopic (exact) mass is 728 g/mol. The van der Waals surface area contributed by atoms with Crippen LogP contribution in [0, 0.1) is 15.9 Å². The fraction of sp³-hybridized carbons (Fsp3) is 0.326. The van der Waals surface area contributed by atoms with Crippen molar-refractivity contribution in [3.63, 3.8) is 0 Å². The summed E-state index contributed by atoms with van der Waals surface area (Å²) in [6.07, 6.45) is 6.51. The van der Waals surface area contributed by atoms with Crippen molar-refractivity contribution in [2.45, 2.75) is 69.2 Å². The summed E-state index contributed by atoms with van der Waals surface area (Å²) >= 11 is 0. The van der Waals surface area contributed by atoms with Gasteiger partial charge in [-0.2, -0.15) is 0 Å². The molecule has 0 amide bonds. The van der Waals surface area contributed by atoms with E-state index in [-0.39, 0.29) is 33.7 Å². The molecule has 0 spiro atoms. The van der Waals surface area contributed by atoms with Gasteiger partial charge in [-0.05, 0) is 109 Å². The number of carbonyl (C=O) groups excluding carboxylic acids is 1. The predicted molar refractivity (Wildman–Crippen MR) is 211 cm³/mol. The summed E-state index contributed by atoms with van der Waals surface area (Å²) in [5.41, 5.74) is 6.70. The van der Waals surface area contributed by atoms with E-state index in [2.05, 4.69) is 77.7 Å². The van der Waals surface area contributed by atoms with Gasteiger partial charge in [0.05, 0.1) is 19.1 Å². The molecule has 0 aromatic heterocycles. The van der Waals surface area contributed by atoms with Gasteiger partial charge in [-0.3, -0.25) is 19.8 Å². The molecule has 1 unspecified atom stereocenters. The minimum atomic E-state index is -0.362. The summed E-state index contributed by atoms with van der Waals surface area (Å²) in [7, 11) is 3.31. The van der Waals surface area contributed by atoms with Gasteiger partial charge in [-0.25, -0.2) is 4.39 Å². The lowest BCUT2D eigenvalue weighted by Crippen LogP contribution is -2.38. The molecular formula is C46H49FN2O5. The highest BCUT2D eigenvalue weighted by Gasteiger charge is 2.35. The van der Waals surface area contributed by atoms with E-state index < -0.39 is 0 Å². The zero-order chi connectivity index (χ0) is 37.9. The number of Topliss-reactive ketones (excluding diaryl/α,β-unsaturated/α-hetero) is 1. The summed E-state index contributed by atoms with van der Waals surface area (Å²) in [4.78, 5) is 26.7. The van der Waals surface area contributed by atoms with Crippen molar-refractivity contribution < 1.29 is 23.6 Å². The second kappa shape index (κ2) is 18.1. The van der Waals surface area contributed by atoms with E-state index in [0.717, 1.165) is 56.3 Å². The molecule has 0 fully saturated rings. The maximum Gasteiger partial charge on any atom is 0.269 e. The van der Waals surface area contributed by atoms with Gasteiger partial charge in [0.25, 0.3) is 5.69 Å². The molecule has 6 rings (SSSR count). The molecule has 1 aliphatic heterocycles. The average Bonchev–Trinajstić information content (AvgIpc) is 3.21. The van der Waals surface area contributed by atoms with Crippen LogP contribution in [0.1, 0.15) is 77.9 Å². The third-order valence-corrected chi connectivity index (χ3v) is 11.1. The summed E-state index contributed by atoms with van der Waals surface area (Å²) in [6.45, 7) is 1.72. The van der Waals surface area contributed by atoms with Gasteiger partial charge < -0.3 is 9.47 Å². The van der Waals surface area contributed by atoms with Crippen LogP contribution in [0.3, 0.4) is 0 Å². The maximum atomic E-state index is 13.4. The van der Waals surface area contributed by atoms with Crippen LogP contribution in [0.4, 0.5) is 10.1 Å². The zero-order valence-electron chi connectivity index (χ0n) is 31.2. The SMILES string of the molecule is COc1cc2c(cc1OC)C(Cc1ccc([N+](=O)[O-])cc1)N(CCCC(CCCC(=O)CCc1ccc(F)cc1)(c1ccccc1)c1ccccc1)CC2. The summed E-state index contributed by atoms with van der Waals surface area (Å²) in [6, 6.07) is 38.9. The summed E-state index contributed by atoms with van der Waals surface area (Å²) in [5, 5.41) is 11.4. The number of ether oxygens (including phenoxy) is 2. The van der Waals surface area contributed by atoms with E-state index >= 15 is 0 Å². The number of hydrogen-bond acceptors (Lipinski definition) is 6. The first-order chi connectivity index (χ1) is 26.3. The van der Waals surface area contributed by atoms with E-state index in [4.69, 9.17) is 9.47 Å². The van der Waals surface area contributed by atoms with Crippen molar-refractivity contribution in [3.05, 3.63) is 171 Å². The summed E-state index contributed by atoms with van der Waals surface area (Å²) < 4.78 is 24.8. The minimum Gasteiger partial charge on any atom is -0.493 e. The highest BCUT2D eigenvalue weighted by Crippen LogP contribution is 2.43. The Balaban J connectivity index is 1.24. The fourth-order valence-corrected chi connectivity index (χ4v) is 8.18. The number of hydrogen-bond donors (Lipinski definition) is 0. The lowest BCUT2D eigenvalue weighted by atomic mass is 9.68. The lowest BCUT2D eigenvalue weighted by Gasteiger charge is -2.40. The van der Waals surface area contributed by atoms with Crippen LogP contribution in [0.5, 0.6) is 11.5 Å². The van der Waals surface area contributed by atoms with Crippen LogP contribution in [0.2, 0.25) is 0 Å². The van der Waals surface area contributed by atoms with E-state index in [1.807, 2.05) is 12.1 Å². The third-order valence-electron chi connectivity index (χ3n) is 11.1. The molecule has 1 atom stereocenters. The number of carbonyl (C=O) groups is 1. The molecule has 280 valence electrons. The quantitative estimate of drug-likeness (QED) is 0.0660. The first-order valence-electron chi connectivity index (χ1n) is 18.9. The highest BCUT2D eigenvalue weighted by atomic mass is 19.1. The van der Waals surface area contributed by atoms with Crippen LogP contribution in [0.15, 0.2) is 121 Å². The Labute approximate surface area is 317 Å². The van der Waals surface area contributed by atoms with E-state index in [9.17, 15) is 19.3 Å². The highest BCUT2D eigenvalue weighted by molar-refractivity contribution is 5.78. The molecule has 7 nitrogen and oxygen atoms in total. The predicted octanol–water partition coefficient (Wildman–Crippen LogP) is 10.0. The molecule has 1 heterocycles. The third kappa shape index (κ3) is 9.23. The largest absolute Gasteiger partial charge is 0.493 e. The van der Waals surface area contributed by atoms with Crippen molar-refractivity contribution in [2.75, 3.05) is 27.3 Å². The number of methoxy groups -OCH3 is 2. The Morgan fingerprint density at radius 1 is 0.796 bits per heavy atom. The first kappa shape index (κ1) is 38.4. The molecule has 5 aromatic carbocycles. The number of nitro groups is 1. The summed E-state index contributed by atoms with van der Waals surface area (Å²) in [5.74, 6) is 1.35. The molecule has 0 saturated heterocycles. The first-order valence-corrected chi connectivity index (χ1v) is 18.9. The van der Waals surface area contributed by atoms with Gasteiger partial charge in [0, 0.05) is 43.0 Å². The molecule has 0 bridgehead atoms. The van der Waals surface area contributed by atoms with Crippen LogP contribution in [-0.4, -0.2) is 42.9 Å².